The van der Waals surface area contributed by atoms with Crippen LogP contribution in [0.15, 0.2) is 102 Å². The first-order chi connectivity index (χ1) is 16.8. The summed E-state index contributed by atoms with van der Waals surface area (Å²) in [6, 6.07) is 27.3. The summed E-state index contributed by atoms with van der Waals surface area (Å²) in [6.07, 6.45) is -0.218. The van der Waals surface area contributed by atoms with Gasteiger partial charge in [-0.3, -0.25) is 9.59 Å². The molecule has 8 heteroatoms. The molecule has 1 heterocycles. The molecule has 0 aliphatic carbocycles. The number of benzene rings is 4. The number of amides is 2. The Balaban J connectivity index is 1.57. The minimum atomic E-state index is -4.11. The number of halogens is 1. The molecule has 0 spiro atoms. The first-order valence-electron chi connectivity index (χ1n) is 11.0. The molecule has 1 saturated heterocycles. The standard InChI is InChI=1S/C27H21IN2O4S/c28-22-11-13-23(14-12-22)30-26(31)17-25(27(30)32)29(18-19-6-2-1-3-7-19)35(33,34)24-15-10-20-8-4-5-9-21(20)16-24/h1-16,25H,17-18H2. The summed E-state index contributed by atoms with van der Waals surface area (Å²) in [4.78, 5) is 27.7. The number of imide groups is 1. The van der Waals surface area contributed by atoms with Crippen molar-refractivity contribution >= 4 is 60.9 Å². The van der Waals surface area contributed by atoms with Crippen molar-refractivity contribution in [3.05, 3.63) is 106 Å². The van der Waals surface area contributed by atoms with Gasteiger partial charge in [-0.15, -0.1) is 0 Å². The maximum atomic E-state index is 14.0. The normalized spacial score (nSPS) is 16.4. The summed E-state index contributed by atoms with van der Waals surface area (Å²) in [6.45, 7) is -0.0276. The van der Waals surface area contributed by atoms with Gasteiger partial charge >= 0.3 is 0 Å². The molecule has 4 aromatic rings. The van der Waals surface area contributed by atoms with E-state index in [1.165, 1.54) is 4.31 Å². The first kappa shape index (κ1) is 23.7. The molecule has 0 radical (unpaired) electrons. The van der Waals surface area contributed by atoms with Crippen LogP contribution in [0.3, 0.4) is 0 Å². The van der Waals surface area contributed by atoms with Gasteiger partial charge in [0.15, 0.2) is 0 Å². The Kier molecular flexibility index (Phi) is 6.43. The molecular weight excluding hydrogens is 575 g/mol. The van der Waals surface area contributed by atoms with Crippen molar-refractivity contribution in [1.29, 1.82) is 0 Å². The molecule has 1 aliphatic heterocycles. The zero-order chi connectivity index (χ0) is 24.6. The van der Waals surface area contributed by atoms with Crippen molar-refractivity contribution in [2.75, 3.05) is 4.90 Å². The zero-order valence-electron chi connectivity index (χ0n) is 18.5. The molecule has 4 aromatic carbocycles. The number of fused-ring (bicyclic) bond motifs is 1. The van der Waals surface area contributed by atoms with Crippen LogP contribution in [-0.4, -0.2) is 30.6 Å². The average molecular weight is 596 g/mol. The van der Waals surface area contributed by atoms with Crippen LogP contribution in [0.25, 0.3) is 10.8 Å². The molecule has 35 heavy (non-hydrogen) atoms. The summed E-state index contributed by atoms with van der Waals surface area (Å²) >= 11 is 2.14. The summed E-state index contributed by atoms with van der Waals surface area (Å²) in [5, 5.41) is 1.70. The molecule has 176 valence electrons. The Labute approximate surface area is 217 Å². The number of sulfonamides is 1. The van der Waals surface area contributed by atoms with E-state index in [1.807, 2.05) is 42.5 Å². The summed E-state index contributed by atoms with van der Waals surface area (Å²) < 4.78 is 30.0. The highest BCUT2D eigenvalue weighted by Crippen LogP contribution is 2.32. The molecule has 1 aliphatic rings. The third-order valence-electron chi connectivity index (χ3n) is 6.06. The monoisotopic (exact) mass is 596 g/mol. The topological polar surface area (TPSA) is 74.8 Å². The fraction of sp³-hybridized carbons (Fsp3) is 0.111. The summed E-state index contributed by atoms with van der Waals surface area (Å²) in [5.41, 5.74) is 1.16. The van der Waals surface area contributed by atoms with Crippen LogP contribution in [0.2, 0.25) is 0 Å². The highest BCUT2D eigenvalue weighted by molar-refractivity contribution is 14.1. The molecule has 5 rings (SSSR count). The molecule has 6 nitrogen and oxygen atoms in total. The van der Waals surface area contributed by atoms with Crippen molar-refractivity contribution in [2.45, 2.75) is 23.9 Å². The van der Waals surface area contributed by atoms with E-state index in [1.54, 1.807) is 54.6 Å². The van der Waals surface area contributed by atoms with Gasteiger partial charge in [0.05, 0.1) is 17.0 Å². The van der Waals surface area contributed by atoms with Gasteiger partial charge in [-0.2, -0.15) is 4.31 Å². The number of hydrogen-bond acceptors (Lipinski definition) is 4. The van der Waals surface area contributed by atoms with E-state index < -0.39 is 27.9 Å². The minimum absolute atomic E-state index is 0.0276. The number of carbonyl (C=O) groups is 2. The predicted octanol–water partition coefficient (Wildman–Crippen LogP) is 4.97. The lowest BCUT2D eigenvalue weighted by atomic mass is 10.1. The van der Waals surface area contributed by atoms with Gasteiger partial charge in [0.1, 0.15) is 6.04 Å². The van der Waals surface area contributed by atoms with Crippen LogP contribution in [0.1, 0.15) is 12.0 Å². The number of carbonyl (C=O) groups excluding carboxylic acids is 2. The van der Waals surface area contributed by atoms with Gasteiger partial charge in [0.25, 0.3) is 5.91 Å². The number of nitrogens with zero attached hydrogens (tertiary/aromatic N) is 2. The van der Waals surface area contributed by atoms with E-state index in [0.29, 0.717) is 5.69 Å². The van der Waals surface area contributed by atoms with Crippen molar-refractivity contribution in [1.82, 2.24) is 4.31 Å². The van der Waals surface area contributed by atoms with Crippen LogP contribution >= 0.6 is 22.6 Å². The van der Waals surface area contributed by atoms with Crippen LogP contribution in [0.5, 0.6) is 0 Å². The zero-order valence-corrected chi connectivity index (χ0v) is 21.5. The number of hydrogen-bond donors (Lipinski definition) is 0. The summed E-state index contributed by atoms with van der Waals surface area (Å²) in [7, 11) is -4.11. The minimum Gasteiger partial charge on any atom is -0.274 e. The fourth-order valence-corrected chi connectivity index (χ4v) is 6.26. The number of anilines is 1. The SMILES string of the molecule is O=C1CC(N(Cc2ccccc2)S(=O)(=O)c2ccc3ccccc3c2)C(=O)N1c1ccc(I)cc1. The molecule has 1 unspecified atom stereocenters. The predicted molar refractivity (Wildman–Crippen MR) is 143 cm³/mol. The Morgan fingerprint density at radius 1 is 0.829 bits per heavy atom. The van der Waals surface area contributed by atoms with Crippen LogP contribution < -0.4 is 4.90 Å². The van der Waals surface area contributed by atoms with Crippen LogP contribution in [0, 0.1) is 3.57 Å². The highest BCUT2D eigenvalue weighted by Gasteiger charge is 2.47. The highest BCUT2D eigenvalue weighted by atomic mass is 127. The van der Waals surface area contributed by atoms with Gasteiger partial charge in [-0.1, -0.05) is 60.7 Å². The third-order valence-corrected chi connectivity index (χ3v) is 8.63. The van der Waals surface area contributed by atoms with E-state index in [0.717, 1.165) is 24.8 Å². The smallest absolute Gasteiger partial charge is 0.252 e. The second kappa shape index (κ2) is 9.52. The molecule has 1 fully saturated rings. The van der Waals surface area contributed by atoms with E-state index in [4.69, 9.17) is 0 Å². The molecule has 1 atom stereocenters. The lowest BCUT2D eigenvalue weighted by Gasteiger charge is -2.27. The van der Waals surface area contributed by atoms with Gasteiger partial charge in [-0.05, 0) is 75.3 Å². The Morgan fingerprint density at radius 2 is 1.49 bits per heavy atom. The van der Waals surface area contributed by atoms with Gasteiger partial charge < -0.3 is 0 Å². The Hall–Kier alpha value is -3.08. The largest absolute Gasteiger partial charge is 0.274 e. The van der Waals surface area contributed by atoms with Crippen LogP contribution in [-0.2, 0) is 26.2 Å². The maximum Gasteiger partial charge on any atom is 0.252 e. The number of rotatable bonds is 6. The van der Waals surface area contributed by atoms with Crippen LogP contribution in [0.4, 0.5) is 5.69 Å². The van der Waals surface area contributed by atoms with Crippen molar-refractivity contribution in [3.63, 3.8) is 0 Å². The van der Waals surface area contributed by atoms with Crippen molar-refractivity contribution < 1.29 is 18.0 Å². The van der Waals surface area contributed by atoms with E-state index in [-0.39, 0.29) is 17.9 Å². The second-order valence-electron chi connectivity index (χ2n) is 8.31. The van der Waals surface area contributed by atoms with Gasteiger partial charge in [0.2, 0.25) is 15.9 Å². The van der Waals surface area contributed by atoms with Gasteiger partial charge in [0, 0.05) is 10.1 Å². The van der Waals surface area contributed by atoms with Gasteiger partial charge in [-0.25, -0.2) is 13.3 Å². The Bertz CT molecular complexity index is 1520. The van der Waals surface area contributed by atoms with Crippen molar-refractivity contribution in [3.8, 4) is 0 Å². The van der Waals surface area contributed by atoms with E-state index in [9.17, 15) is 18.0 Å². The molecule has 0 bridgehead atoms. The molecule has 2 amide bonds. The third kappa shape index (κ3) is 4.61. The lowest BCUT2D eigenvalue weighted by molar-refractivity contribution is -0.122. The maximum absolute atomic E-state index is 14.0. The molecule has 0 saturated carbocycles. The average Bonchev–Trinajstić information content (AvgIpc) is 3.16. The first-order valence-corrected chi connectivity index (χ1v) is 13.5. The summed E-state index contributed by atoms with van der Waals surface area (Å²) in [5.74, 6) is -0.968. The molecule has 0 N–H and O–H groups in total. The fourth-order valence-electron chi connectivity index (χ4n) is 4.29. The molecule has 0 aromatic heterocycles. The lowest BCUT2D eigenvalue weighted by Crippen LogP contribution is -2.45. The van der Waals surface area contributed by atoms with E-state index in [2.05, 4.69) is 22.6 Å². The Morgan fingerprint density at radius 3 is 2.20 bits per heavy atom. The quantitative estimate of drug-likeness (QED) is 0.233. The second-order valence-corrected chi connectivity index (χ2v) is 11.4. The molecular formula is C27H21IN2O4S. The van der Waals surface area contributed by atoms with Crippen molar-refractivity contribution in [2.24, 2.45) is 0 Å². The van der Waals surface area contributed by atoms with E-state index >= 15 is 0 Å².